The van der Waals surface area contributed by atoms with Gasteiger partial charge in [0.15, 0.2) is 6.61 Å². The van der Waals surface area contributed by atoms with Crippen LogP contribution in [0, 0.1) is 0 Å². The van der Waals surface area contributed by atoms with Crippen LogP contribution < -0.4 is 9.47 Å². The summed E-state index contributed by atoms with van der Waals surface area (Å²) in [4.78, 5) is 24.1. The molecule has 0 atom stereocenters. The lowest BCUT2D eigenvalue weighted by Crippen LogP contribution is -2.52. The predicted octanol–water partition coefficient (Wildman–Crippen LogP) is 1.40. The second kappa shape index (κ2) is 6.27. The number of carboxylic acid groups (broad SMARTS) is 1. The van der Waals surface area contributed by atoms with E-state index in [1.165, 1.54) is 20.9 Å². The summed E-state index contributed by atoms with van der Waals surface area (Å²) in [6, 6.07) is 6.78. The van der Waals surface area contributed by atoms with Gasteiger partial charge in [-0.25, -0.2) is 4.79 Å². The summed E-state index contributed by atoms with van der Waals surface area (Å²) in [7, 11) is 3.00. The van der Waals surface area contributed by atoms with Gasteiger partial charge in [0, 0.05) is 7.05 Å². The van der Waals surface area contributed by atoms with Gasteiger partial charge in [-0.1, -0.05) is 0 Å². The quantitative estimate of drug-likeness (QED) is 0.853. The highest BCUT2D eigenvalue weighted by Crippen LogP contribution is 2.18. The molecule has 0 fully saturated rings. The third-order valence-corrected chi connectivity index (χ3v) is 3.16. The van der Waals surface area contributed by atoms with E-state index >= 15 is 0 Å². The van der Waals surface area contributed by atoms with Gasteiger partial charge in [-0.2, -0.15) is 0 Å². The van der Waals surface area contributed by atoms with Gasteiger partial charge in [-0.15, -0.1) is 0 Å². The first-order valence-corrected chi connectivity index (χ1v) is 6.06. The molecule has 1 amide bonds. The Bertz CT molecular complexity index is 481. The molecule has 6 heteroatoms. The van der Waals surface area contributed by atoms with Gasteiger partial charge >= 0.3 is 5.97 Å². The van der Waals surface area contributed by atoms with E-state index in [-0.39, 0.29) is 6.61 Å². The highest BCUT2D eigenvalue weighted by atomic mass is 16.5. The number of likely N-dealkylation sites (N-methyl/N-ethyl adjacent to an activating group) is 1. The molecule has 1 aromatic rings. The van der Waals surface area contributed by atoms with Crippen molar-refractivity contribution in [2.45, 2.75) is 19.4 Å². The van der Waals surface area contributed by atoms with E-state index < -0.39 is 17.4 Å². The van der Waals surface area contributed by atoms with Crippen molar-refractivity contribution >= 4 is 11.9 Å². The summed E-state index contributed by atoms with van der Waals surface area (Å²) in [5.74, 6) is -0.278. The molecule has 0 aliphatic carbocycles. The summed E-state index contributed by atoms with van der Waals surface area (Å²) in [5.41, 5.74) is -1.28. The number of methoxy groups -OCH3 is 1. The molecule has 0 saturated heterocycles. The van der Waals surface area contributed by atoms with Crippen molar-refractivity contribution < 1.29 is 24.2 Å². The van der Waals surface area contributed by atoms with E-state index in [1.807, 2.05) is 0 Å². The van der Waals surface area contributed by atoms with E-state index in [0.29, 0.717) is 11.5 Å². The van der Waals surface area contributed by atoms with Crippen LogP contribution in [0.5, 0.6) is 11.5 Å². The van der Waals surface area contributed by atoms with Crippen molar-refractivity contribution in [3.05, 3.63) is 24.3 Å². The normalized spacial score (nSPS) is 10.8. The monoisotopic (exact) mass is 281 g/mol. The van der Waals surface area contributed by atoms with Gasteiger partial charge in [0.1, 0.15) is 17.0 Å². The Kier molecular flexibility index (Phi) is 4.96. The van der Waals surface area contributed by atoms with Crippen LogP contribution in [0.15, 0.2) is 24.3 Å². The number of hydrogen-bond acceptors (Lipinski definition) is 4. The molecule has 1 aromatic carbocycles. The lowest BCUT2D eigenvalue weighted by Gasteiger charge is -2.31. The van der Waals surface area contributed by atoms with Crippen LogP contribution in [0.4, 0.5) is 0 Å². The van der Waals surface area contributed by atoms with Gasteiger partial charge in [0.25, 0.3) is 5.91 Å². The zero-order valence-electron chi connectivity index (χ0n) is 12.0. The zero-order chi connectivity index (χ0) is 15.3. The third kappa shape index (κ3) is 3.63. The molecule has 0 unspecified atom stereocenters. The number of aliphatic carboxylic acids is 1. The Morgan fingerprint density at radius 1 is 1.20 bits per heavy atom. The molecule has 0 bridgehead atoms. The summed E-state index contributed by atoms with van der Waals surface area (Å²) >= 11 is 0. The Balaban J connectivity index is 2.60. The lowest BCUT2D eigenvalue weighted by molar-refractivity contribution is -0.156. The second-order valence-corrected chi connectivity index (χ2v) is 4.78. The first-order valence-electron chi connectivity index (χ1n) is 6.06. The number of carboxylic acids is 1. The average Bonchev–Trinajstić information content (AvgIpc) is 2.44. The smallest absolute Gasteiger partial charge is 0.329 e. The molecule has 0 aliphatic rings. The van der Waals surface area contributed by atoms with Crippen LogP contribution in [0.3, 0.4) is 0 Å². The maximum Gasteiger partial charge on any atom is 0.329 e. The fourth-order valence-corrected chi connectivity index (χ4v) is 1.37. The number of nitrogens with zero attached hydrogens (tertiary/aromatic N) is 1. The first-order chi connectivity index (χ1) is 9.28. The van der Waals surface area contributed by atoms with E-state index in [0.717, 1.165) is 4.90 Å². The minimum Gasteiger partial charge on any atom is -0.497 e. The van der Waals surface area contributed by atoms with E-state index in [2.05, 4.69) is 0 Å². The third-order valence-electron chi connectivity index (χ3n) is 3.16. The Labute approximate surface area is 117 Å². The van der Waals surface area contributed by atoms with Crippen LogP contribution in [0.25, 0.3) is 0 Å². The van der Waals surface area contributed by atoms with Crippen LogP contribution in [-0.2, 0) is 9.59 Å². The number of hydrogen-bond donors (Lipinski definition) is 1. The van der Waals surface area contributed by atoms with Crippen molar-refractivity contribution in [3.8, 4) is 11.5 Å². The number of benzene rings is 1. The van der Waals surface area contributed by atoms with Crippen LogP contribution in [0.2, 0.25) is 0 Å². The maximum atomic E-state index is 11.9. The number of carbonyl (C=O) groups excluding carboxylic acids is 1. The molecule has 1 rings (SSSR count). The number of amides is 1. The van der Waals surface area contributed by atoms with Gasteiger partial charge in [0.2, 0.25) is 0 Å². The first kappa shape index (κ1) is 15.8. The largest absolute Gasteiger partial charge is 0.497 e. The van der Waals surface area contributed by atoms with Crippen molar-refractivity contribution in [1.29, 1.82) is 0 Å². The summed E-state index contributed by atoms with van der Waals surface area (Å²) in [6.07, 6.45) is 0. The van der Waals surface area contributed by atoms with E-state index in [4.69, 9.17) is 14.6 Å². The fourth-order valence-electron chi connectivity index (χ4n) is 1.37. The predicted molar refractivity (Wildman–Crippen MR) is 73.0 cm³/mol. The lowest BCUT2D eigenvalue weighted by atomic mass is 10.0. The SMILES string of the molecule is COc1ccc(OCC(=O)N(C)C(C)(C)C(=O)O)cc1. The molecule has 0 radical (unpaired) electrons. The molecule has 0 aliphatic heterocycles. The molecule has 1 N–H and O–H groups in total. The topological polar surface area (TPSA) is 76.1 Å². The van der Waals surface area contributed by atoms with Crippen molar-refractivity contribution in [2.24, 2.45) is 0 Å². The number of ether oxygens (including phenoxy) is 2. The van der Waals surface area contributed by atoms with Gasteiger partial charge < -0.3 is 19.5 Å². The van der Waals surface area contributed by atoms with Gasteiger partial charge in [-0.3, -0.25) is 4.79 Å². The van der Waals surface area contributed by atoms with E-state index in [1.54, 1.807) is 31.4 Å². The Morgan fingerprint density at radius 2 is 1.70 bits per heavy atom. The standard InChI is InChI=1S/C14H19NO5/c1-14(2,13(17)18)15(3)12(16)9-20-11-7-5-10(19-4)6-8-11/h5-8H,9H2,1-4H3,(H,17,18). The minimum atomic E-state index is -1.28. The average molecular weight is 281 g/mol. The van der Waals surface area contributed by atoms with Crippen LogP contribution in [-0.4, -0.2) is 48.2 Å². The summed E-state index contributed by atoms with van der Waals surface area (Å²) < 4.78 is 10.3. The summed E-state index contributed by atoms with van der Waals surface area (Å²) in [5, 5.41) is 9.05. The molecule has 110 valence electrons. The van der Waals surface area contributed by atoms with Gasteiger partial charge in [-0.05, 0) is 38.1 Å². The van der Waals surface area contributed by atoms with Crippen LogP contribution >= 0.6 is 0 Å². The molecule has 6 nitrogen and oxygen atoms in total. The summed E-state index contributed by atoms with van der Waals surface area (Å²) in [6.45, 7) is 2.70. The Morgan fingerprint density at radius 3 is 2.15 bits per heavy atom. The molecule has 0 saturated carbocycles. The molecular formula is C14H19NO5. The molecule has 0 aromatic heterocycles. The fraction of sp³-hybridized carbons (Fsp3) is 0.429. The Hall–Kier alpha value is -2.24. The number of carbonyl (C=O) groups is 2. The van der Waals surface area contributed by atoms with Crippen LogP contribution in [0.1, 0.15) is 13.8 Å². The van der Waals surface area contributed by atoms with Crippen molar-refractivity contribution in [2.75, 3.05) is 20.8 Å². The van der Waals surface area contributed by atoms with Crippen molar-refractivity contribution in [1.82, 2.24) is 4.90 Å². The minimum absolute atomic E-state index is 0.223. The highest BCUT2D eigenvalue weighted by Gasteiger charge is 2.35. The highest BCUT2D eigenvalue weighted by molar-refractivity contribution is 5.86. The van der Waals surface area contributed by atoms with Crippen molar-refractivity contribution in [3.63, 3.8) is 0 Å². The molecule has 20 heavy (non-hydrogen) atoms. The molecule has 0 heterocycles. The van der Waals surface area contributed by atoms with Gasteiger partial charge in [0.05, 0.1) is 7.11 Å². The van der Waals surface area contributed by atoms with E-state index in [9.17, 15) is 9.59 Å². The second-order valence-electron chi connectivity index (χ2n) is 4.78. The molecule has 0 spiro atoms. The number of rotatable bonds is 6. The maximum absolute atomic E-state index is 11.9. The zero-order valence-corrected chi connectivity index (χ0v) is 12.0. The molecular weight excluding hydrogens is 262 g/mol.